The van der Waals surface area contributed by atoms with Gasteiger partial charge in [-0.25, -0.2) is 0 Å². The maximum atomic E-state index is 5.73. The highest BCUT2D eigenvalue weighted by Gasteiger charge is 2.08. The monoisotopic (exact) mass is 269 g/mol. The first-order valence-electron chi connectivity index (χ1n) is 6.32. The van der Waals surface area contributed by atoms with Crippen LogP contribution in [0.1, 0.15) is 13.8 Å². The van der Waals surface area contributed by atoms with Crippen molar-refractivity contribution in [3.05, 3.63) is 48.1 Å². The summed E-state index contributed by atoms with van der Waals surface area (Å²) in [5.74, 6) is 0.932. The molecule has 3 heteroatoms. The SMILES string of the molecule is CC(C)Oc1ccc2c(-c3cccnc3)csc2c1. The molecular formula is C16H15NOS. The van der Waals surface area contributed by atoms with Crippen molar-refractivity contribution in [3.8, 4) is 16.9 Å². The summed E-state index contributed by atoms with van der Waals surface area (Å²) in [4.78, 5) is 4.18. The van der Waals surface area contributed by atoms with Crippen LogP contribution < -0.4 is 4.74 Å². The largest absolute Gasteiger partial charge is 0.491 e. The lowest BCUT2D eigenvalue weighted by Gasteiger charge is -2.09. The van der Waals surface area contributed by atoms with E-state index in [4.69, 9.17) is 4.74 Å². The summed E-state index contributed by atoms with van der Waals surface area (Å²) in [6.07, 6.45) is 3.90. The van der Waals surface area contributed by atoms with Crippen LogP contribution in [-0.2, 0) is 0 Å². The molecule has 1 aromatic carbocycles. The number of thiophene rings is 1. The molecule has 3 aromatic rings. The molecule has 0 atom stereocenters. The third-order valence-corrected chi connectivity index (χ3v) is 3.84. The van der Waals surface area contributed by atoms with E-state index in [-0.39, 0.29) is 6.10 Å². The lowest BCUT2D eigenvalue weighted by atomic mass is 10.1. The van der Waals surface area contributed by atoms with Gasteiger partial charge in [0.1, 0.15) is 5.75 Å². The number of fused-ring (bicyclic) bond motifs is 1. The zero-order valence-electron chi connectivity index (χ0n) is 11.0. The predicted molar refractivity (Wildman–Crippen MR) is 80.8 cm³/mol. The van der Waals surface area contributed by atoms with E-state index >= 15 is 0 Å². The third kappa shape index (κ3) is 2.47. The molecule has 2 heterocycles. The fourth-order valence-electron chi connectivity index (χ4n) is 2.10. The Morgan fingerprint density at radius 1 is 1.21 bits per heavy atom. The average Bonchev–Trinajstić information content (AvgIpc) is 2.82. The molecule has 0 N–H and O–H groups in total. The molecule has 0 aliphatic carbocycles. The van der Waals surface area contributed by atoms with Crippen LogP contribution in [0.5, 0.6) is 5.75 Å². The molecular weight excluding hydrogens is 254 g/mol. The number of hydrogen-bond acceptors (Lipinski definition) is 3. The number of benzene rings is 1. The maximum absolute atomic E-state index is 5.73. The van der Waals surface area contributed by atoms with E-state index in [1.807, 2.05) is 32.2 Å². The molecule has 0 bridgehead atoms. The summed E-state index contributed by atoms with van der Waals surface area (Å²) < 4.78 is 6.98. The highest BCUT2D eigenvalue weighted by molar-refractivity contribution is 7.17. The highest BCUT2D eigenvalue weighted by atomic mass is 32.1. The molecule has 0 saturated carbocycles. The van der Waals surface area contributed by atoms with Crippen molar-refractivity contribution in [1.82, 2.24) is 4.98 Å². The summed E-state index contributed by atoms with van der Waals surface area (Å²) in [5.41, 5.74) is 2.40. The van der Waals surface area contributed by atoms with Gasteiger partial charge in [0.2, 0.25) is 0 Å². The number of aromatic nitrogens is 1. The normalized spacial score (nSPS) is 11.1. The standard InChI is InChI=1S/C16H15NOS/c1-11(2)18-13-5-6-14-15(10-19-16(14)8-13)12-4-3-7-17-9-12/h3-11H,1-2H3. The fraction of sp³-hybridized carbons (Fsp3) is 0.188. The molecule has 3 rings (SSSR count). The molecule has 2 nitrogen and oxygen atoms in total. The minimum Gasteiger partial charge on any atom is -0.491 e. The van der Waals surface area contributed by atoms with Crippen molar-refractivity contribution >= 4 is 21.4 Å². The van der Waals surface area contributed by atoms with E-state index in [0.717, 1.165) is 11.3 Å². The summed E-state index contributed by atoms with van der Waals surface area (Å²) in [7, 11) is 0. The molecule has 0 spiro atoms. The molecule has 0 radical (unpaired) electrons. The Morgan fingerprint density at radius 2 is 2.11 bits per heavy atom. The predicted octanol–water partition coefficient (Wildman–Crippen LogP) is 4.75. The van der Waals surface area contributed by atoms with E-state index in [0.29, 0.717) is 0 Å². The van der Waals surface area contributed by atoms with Gasteiger partial charge >= 0.3 is 0 Å². The number of ether oxygens (including phenoxy) is 1. The molecule has 0 aliphatic heterocycles. The van der Waals surface area contributed by atoms with Gasteiger partial charge in [-0.1, -0.05) is 6.07 Å². The van der Waals surface area contributed by atoms with Crippen LogP contribution in [0.4, 0.5) is 0 Å². The number of rotatable bonds is 3. The smallest absolute Gasteiger partial charge is 0.121 e. The lowest BCUT2D eigenvalue weighted by Crippen LogP contribution is -2.04. The molecule has 0 amide bonds. The van der Waals surface area contributed by atoms with E-state index in [2.05, 4.69) is 28.6 Å². The highest BCUT2D eigenvalue weighted by Crippen LogP contribution is 2.35. The van der Waals surface area contributed by atoms with Crippen molar-refractivity contribution in [3.63, 3.8) is 0 Å². The van der Waals surface area contributed by atoms with Gasteiger partial charge in [0.25, 0.3) is 0 Å². The first-order valence-corrected chi connectivity index (χ1v) is 7.20. The van der Waals surface area contributed by atoms with Crippen LogP contribution in [-0.4, -0.2) is 11.1 Å². The van der Waals surface area contributed by atoms with Gasteiger partial charge in [-0.2, -0.15) is 0 Å². The number of hydrogen-bond donors (Lipinski definition) is 0. The quantitative estimate of drug-likeness (QED) is 0.684. The van der Waals surface area contributed by atoms with Gasteiger partial charge in [0, 0.05) is 33.6 Å². The van der Waals surface area contributed by atoms with Gasteiger partial charge in [-0.05, 0) is 43.5 Å². The summed E-state index contributed by atoms with van der Waals surface area (Å²) in [6.45, 7) is 4.08. The van der Waals surface area contributed by atoms with Crippen LogP contribution in [0.25, 0.3) is 21.2 Å². The van der Waals surface area contributed by atoms with Crippen LogP contribution in [0.3, 0.4) is 0 Å². The second kappa shape index (κ2) is 5.02. The van der Waals surface area contributed by atoms with Gasteiger partial charge in [-0.15, -0.1) is 11.3 Å². The van der Waals surface area contributed by atoms with E-state index in [1.54, 1.807) is 17.5 Å². The van der Waals surface area contributed by atoms with Crippen molar-refractivity contribution in [1.29, 1.82) is 0 Å². The number of pyridine rings is 1. The van der Waals surface area contributed by atoms with Gasteiger partial charge < -0.3 is 4.74 Å². The second-order valence-electron chi connectivity index (χ2n) is 4.72. The first-order chi connectivity index (χ1) is 9.24. The van der Waals surface area contributed by atoms with Crippen molar-refractivity contribution in [2.45, 2.75) is 20.0 Å². The zero-order chi connectivity index (χ0) is 13.2. The topological polar surface area (TPSA) is 22.1 Å². The molecule has 0 aliphatic rings. The Bertz CT molecular complexity index is 688. The van der Waals surface area contributed by atoms with Crippen LogP contribution >= 0.6 is 11.3 Å². The van der Waals surface area contributed by atoms with Crippen LogP contribution in [0, 0.1) is 0 Å². The van der Waals surface area contributed by atoms with E-state index in [9.17, 15) is 0 Å². The third-order valence-electron chi connectivity index (χ3n) is 2.89. The molecule has 0 fully saturated rings. The van der Waals surface area contributed by atoms with Crippen molar-refractivity contribution in [2.24, 2.45) is 0 Å². The van der Waals surface area contributed by atoms with Gasteiger partial charge in [0.15, 0.2) is 0 Å². The average molecular weight is 269 g/mol. The summed E-state index contributed by atoms with van der Waals surface area (Å²) >= 11 is 1.74. The Kier molecular flexibility index (Phi) is 3.22. The Morgan fingerprint density at radius 3 is 2.84 bits per heavy atom. The van der Waals surface area contributed by atoms with Gasteiger partial charge in [0.05, 0.1) is 6.10 Å². The van der Waals surface area contributed by atoms with Crippen LogP contribution in [0.15, 0.2) is 48.1 Å². The molecule has 19 heavy (non-hydrogen) atoms. The van der Waals surface area contributed by atoms with Crippen molar-refractivity contribution in [2.75, 3.05) is 0 Å². The lowest BCUT2D eigenvalue weighted by molar-refractivity contribution is 0.243. The van der Waals surface area contributed by atoms with E-state index in [1.165, 1.54) is 15.6 Å². The second-order valence-corrected chi connectivity index (χ2v) is 5.63. The minimum atomic E-state index is 0.204. The maximum Gasteiger partial charge on any atom is 0.121 e. The van der Waals surface area contributed by atoms with Crippen LogP contribution in [0.2, 0.25) is 0 Å². The van der Waals surface area contributed by atoms with E-state index < -0.39 is 0 Å². The fourth-order valence-corrected chi connectivity index (χ4v) is 3.10. The molecule has 2 aromatic heterocycles. The molecule has 0 saturated heterocycles. The molecule has 96 valence electrons. The Labute approximate surface area is 116 Å². The Hall–Kier alpha value is -1.87. The first kappa shape index (κ1) is 12.2. The summed E-state index contributed by atoms with van der Waals surface area (Å²) in [6, 6.07) is 10.3. The zero-order valence-corrected chi connectivity index (χ0v) is 11.8. The number of nitrogens with zero attached hydrogens (tertiary/aromatic N) is 1. The Balaban J connectivity index is 2.05. The summed E-state index contributed by atoms with van der Waals surface area (Å²) in [5, 5.41) is 3.44. The molecule has 0 unspecified atom stereocenters. The minimum absolute atomic E-state index is 0.204. The van der Waals surface area contributed by atoms with Gasteiger partial charge in [-0.3, -0.25) is 4.98 Å². The van der Waals surface area contributed by atoms with Crippen molar-refractivity contribution < 1.29 is 4.74 Å².